The van der Waals surface area contributed by atoms with Gasteiger partial charge < -0.3 is 20.1 Å². The van der Waals surface area contributed by atoms with Crippen LogP contribution in [0.3, 0.4) is 0 Å². The quantitative estimate of drug-likeness (QED) is 0.765. The van der Waals surface area contributed by atoms with E-state index >= 15 is 0 Å². The molecule has 2 N–H and O–H groups in total. The molecule has 1 aliphatic rings. The molecule has 0 saturated heterocycles. The SMILES string of the molecule is CNCCCOCc1ccc2c(c1)NC(=O)CCO2. The Morgan fingerprint density at radius 2 is 2.37 bits per heavy atom. The lowest BCUT2D eigenvalue weighted by Gasteiger charge is -2.10. The standard InChI is InChI=1S/C14H20N2O3/c1-15-6-2-7-18-10-11-3-4-13-12(9-11)16-14(17)5-8-19-13/h3-4,9,15H,2,5-8,10H2,1H3,(H,16,17). The van der Waals surface area contributed by atoms with Crippen LogP contribution in [0.4, 0.5) is 5.69 Å². The van der Waals surface area contributed by atoms with E-state index in [9.17, 15) is 4.79 Å². The first kappa shape index (κ1) is 13.8. The Hall–Kier alpha value is -1.59. The summed E-state index contributed by atoms with van der Waals surface area (Å²) in [6.07, 6.45) is 1.38. The maximum Gasteiger partial charge on any atom is 0.227 e. The van der Waals surface area contributed by atoms with E-state index < -0.39 is 0 Å². The van der Waals surface area contributed by atoms with Gasteiger partial charge in [0.1, 0.15) is 5.75 Å². The molecule has 19 heavy (non-hydrogen) atoms. The van der Waals surface area contributed by atoms with Crippen molar-refractivity contribution in [3.8, 4) is 5.75 Å². The van der Waals surface area contributed by atoms with E-state index in [-0.39, 0.29) is 5.91 Å². The first-order valence-electron chi connectivity index (χ1n) is 6.57. The minimum atomic E-state index is -0.00848. The molecule has 1 amide bonds. The summed E-state index contributed by atoms with van der Waals surface area (Å²) < 4.78 is 11.1. The van der Waals surface area contributed by atoms with Gasteiger partial charge in [-0.3, -0.25) is 4.79 Å². The van der Waals surface area contributed by atoms with Gasteiger partial charge >= 0.3 is 0 Å². The maximum absolute atomic E-state index is 11.5. The molecule has 0 fully saturated rings. The molecule has 0 aliphatic carbocycles. The zero-order valence-electron chi connectivity index (χ0n) is 11.2. The fourth-order valence-corrected chi connectivity index (χ4v) is 1.90. The van der Waals surface area contributed by atoms with Crippen molar-refractivity contribution in [2.75, 3.05) is 32.1 Å². The molecule has 0 radical (unpaired) electrons. The number of benzene rings is 1. The Labute approximate surface area is 113 Å². The molecule has 1 aliphatic heterocycles. The molecule has 0 saturated carbocycles. The van der Waals surface area contributed by atoms with Gasteiger partial charge in [0.25, 0.3) is 0 Å². The van der Waals surface area contributed by atoms with Gasteiger partial charge in [0, 0.05) is 6.61 Å². The van der Waals surface area contributed by atoms with Crippen LogP contribution in [0.1, 0.15) is 18.4 Å². The van der Waals surface area contributed by atoms with E-state index in [1.54, 1.807) is 0 Å². The van der Waals surface area contributed by atoms with Crippen LogP contribution in [0.5, 0.6) is 5.75 Å². The molecule has 2 rings (SSSR count). The Kier molecular flexibility index (Phi) is 5.18. The molecule has 0 bridgehead atoms. The molecule has 5 heteroatoms. The van der Waals surface area contributed by atoms with Gasteiger partial charge in [-0.25, -0.2) is 0 Å². The predicted octanol–water partition coefficient (Wildman–Crippen LogP) is 1.53. The topological polar surface area (TPSA) is 59.6 Å². The molecular formula is C14H20N2O3. The Morgan fingerprint density at radius 1 is 1.47 bits per heavy atom. The van der Waals surface area contributed by atoms with Crippen LogP contribution in [0.15, 0.2) is 18.2 Å². The van der Waals surface area contributed by atoms with Crippen molar-refractivity contribution < 1.29 is 14.3 Å². The van der Waals surface area contributed by atoms with Gasteiger partial charge in [0.05, 0.1) is 25.3 Å². The maximum atomic E-state index is 11.5. The number of fused-ring (bicyclic) bond motifs is 1. The van der Waals surface area contributed by atoms with Crippen molar-refractivity contribution in [2.45, 2.75) is 19.4 Å². The molecule has 5 nitrogen and oxygen atoms in total. The van der Waals surface area contributed by atoms with Gasteiger partial charge in [-0.05, 0) is 37.7 Å². The predicted molar refractivity (Wildman–Crippen MR) is 73.4 cm³/mol. The molecule has 0 spiro atoms. The molecule has 0 unspecified atom stereocenters. The summed E-state index contributed by atoms with van der Waals surface area (Å²) in [4.78, 5) is 11.5. The summed E-state index contributed by atoms with van der Waals surface area (Å²) in [5.41, 5.74) is 1.77. The summed E-state index contributed by atoms with van der Waals surface area (Å²) in [5, 5.41) is 5.92. The van der Waals surface area contributed by atoms with E-state index in [0.717, 1.165) is 36.6 Å². The highest BCUT2D eigenvalue weighted by molar-refractivity contribution is 5.93. The van der Waals surface area contributed by atoms with Gasteiger partial charge in [-0.2, -0.15) is 0 Å². The minimum absolute atomic E-state index is 0.00848. The first-order valence-corrected chi connectivity index (χ1v) is 6.57. The van der Waals surface area contributed by atoms with Crippen molar-refractivity contribution in [3.63, 3.8) is 0 Å². The largest absolute Gasteiger partial charge is 0.491 e. The highest BCUT2D eigenvalue weighted by Gasteiger charge is 2.13. The van der Waals surface area contributed by atoms with Crippen molar-refractivity contribution >= 4 is 11.6 Å². The second-order valence-corrected chi connectivity index (χ2v) is 4.49. The summed E-state index contributed by atoms with van der Waals surface area (Å²) >= 11 is 0. The molecule has 1 aromatic rings. The number of carbonyl (C=O) groups is 1. The highest BCUT2D eigenvalue weighted by atomic mass is 16.5. The van der Waals surface area contributed by atoms with Crippen LogP contribution < -0.4 is 15.4 Å². The zero-order valence-corrected chi connectivity index (χ0v) is 11.2. The van der Waals surface area contributed by atoms with Crippen LogP contribution in [0, 0.1) is 0 Å². The Morgan fingerprint density at radius 3 is 3.21 bits per heavy atom. The minimum Gasteiger partial charge on any atom is -0.491 e. The number of carbonyl (C=O) groups excluding carboxylic acids is 1. The van der Waals surface area contributed by atoms with Gasteiger partial charge in [0.2, 0.25) is 5.91 Å². The van der Waals surface area contributed by atoms with Crippen LogP contribution in [0.2, 0.25) is 0 Å². The van der Waals surface area contributed by atoms with E-state index in [0.29, 0.717) is 19.6 Å². The lowest BCUT2D eigenvalue weighted by molar-refractivity contribution is -0.116. The van der Waals surface area contributed by atoms with Gasteiger partial charge in [0.15, 0.2) is 0 Å². The molecule has 1 heterocycles. The van der Waals surface area contributed by atoms with E-state index in [1.807, 2.05) is 25.2 Å². The van der Waals surface area contributed by atoms with Crippen LogP contribution in [-0.2, 0) is 16.1 Å². The lowest BCUT2D eigenvalue weighted by Crippen LogP contribution is -2.11. The Bertz CT molecular complexity index is 435. The average Bonchev–Trinajstić information content (AvgIpc) is 2.58. The van der Waals surface area contributed by atoms with Gasteiger partial charge in [-0.1, -0.05) is 6.07 Å². The van der Waals surface area contributed by atoms with Crippen molar-refractivity contribution in [1.29, 1.82) is 0 Å². The lowest BCUT2D eigenvalue weighted by atomic mass is 10.2. The van der Waals surface area contributed by atoms with Crippen LogP contribution in [0.25, 0.3) is 0 Å². The number of rotatable bonds is 6. The van der Waals surface area contributed by atoms with Crippen molar-refractivity contribution in [1.82, 2.24) is 5.32 Å². The Balaban J connectivity index is 1.90. The first-order chi connectivity index (χ1) is 9.29. The second-order valence-electron chi connectivity index (χ2n) is 4.49. The summed E-state index contributed by atoms with van der Waals surface area (Å²) in [7, 11) is 1.93. The average molecular weight is 264 g/mol. The number of ether oxygens (including phenoxy) is 2. The van der Waals surface area contributed by atoms with E-state index in [1.165, 1.54) is 0 Å². The van der Waals surface area contributed by atoms with Crippen molar-refractivity contribution in [2.24, 2.45) is 0 Å². The highest BCUT2D eigenvalue weighted by Crippen LogP contribution is 2.28. The summed E-state index contributed by atoms with van der Waals surface area (Å²) in [5.74, 6) is 0.718. The molecule has 104 valence electrons. The fraction of sp³-hybridized carbons (Fsp3) is 0.500. The summed E-state index contributed by atoms with van der Waals surface area (Å²) in [6, 6.07) is 5.76. The molecule has 0 aromatic heterocycles. The number of amides is 1. The van der Waals surface area contributed by atoms with Gasteiger partial charge in [-0.15, -0.1) is 0 Å². The van der Waals surface area contributed by atoms with E-state index in [4.69, 9.17) is 9.47 Å². The monoisotopic (exact) mass is 264 g/mol. The number of hydrogen-bond donors (Lipinski definition) is 2. The second kappa shape index (κ2) is 7.11. The van der Waals surface area contributed by atoms with Crippen LogP contribution in [-0.4, -0.2) is 32.7 Å². The smallest absolute Gasteiger partial charge is 0.227 e. The molecular weight excluding hydrogens is 244 g/mol. The third-order valence-corrected chi connectivity index (χ3v) is 2.89. The van der Waals surface area contributed by atoms with E-state index in [2.05, 4.69) is 10.6 Å². The van der Waals surface area contributed by atoms with Crippen LogP contribution >= 0.6 is 0 Å². The normalized spacial score (nSPS) is 14.3. The zero-order chi connectivity index (χ0) is 13.5. The third-order valence-electron chi connectivity index (χ3n) is 2.89. The third kappa shape index (κ3) is 4.22. The number of nitrogens with one attached hydrogen (secondary N) is 2. The molecule has 0 atom stereocenters. The number of hydrogen-bond acceptors (Lipinski definition) is 4. The summed E-state index contributed by atoms with van der Waals surface area (Å²) in [6.45, 7) is 2.65. The number of anilines is 1. The fourth-order valence-electron chi connectivity index (χ4n) is 1.90. The van der Waals surface area contributed by atoms with Crippen molar-refractivity contribution in [3.05, 3.63) is 23.8 Å². The molecule has 1 aromatic carbocycles.